The zero-order valence-corrected chi connectivity index (χ0v) is 11.6. The molecule has 0 aliphatic heterocycles. The Labute approximate surface area is 118 Å². The Morgan fingerprint density at radius 2 is 2.05 bits per heavy atom. The average Bonchev–Trinajstić information content (AvgIpc) is 2.41. The Kier molecular flexibility index (Phi) is 4.35. The van der Waals surface area contributed by atoms with E-state index in [0.29, 0.717) is 5.75 Å². The molecule has 0 amide bonds. The van der Waals surface area contributed by atoms with Gasteiger partial charge in [0.1, 0.15) is 5.75 Å². The fourth-order valence-electron chi connectivity index (χ4n) is 2.00. The number of nitrogens with zero attached hydrogens (tertiary/aromatic N) is 1. The van der Waals surface area contributed by atoms with E-state index in [-0.39, 0.29) is 13.0 Å². The molecule has 1 heterocycles. The van der Waals surface area contributed by atoms with Crippen LogP contribution in [0.25, 0.3) is 11.1 Å². The number of pyridine rings is 1. The second-order valence-corrected chi connectivity index (χ2v) is 4.68. The highest BCUT2D eigenvalue weighted by Crippen LogP contribution is 2.32. The second kappa shape index (κ2) is 6.19. The van der Waals surface area contributed by atoms with Crippen LogP contribution in [0, 0.1) is 13.8 Å². The first kappa shape index (κ1) is 14.1. The summed E-state index contributed by atoms with van der Waals surface area (Å²) < 4.78 is 5.61. The van der Waals surface area contributed by atoms with E-state index in [4.69, 9.17) is 9.84 Å². The summed E-state index contributed by atoms with van der Waals surface area (Å²) in [5.41, 5.74) is 4.20. The number of aromatic nitrogens is 1. The number of carboxylic acids is 1. The van der Waals surface area contributed by atoms with Gasteiger partial charge in [-0.15, -0.1) is 0 Å². The number of aliphatic carboxylic acids is 1. The average molecular weight is 271 g/mol. The van der Waals surface area contributed by atoms with Crippen LogP contribution in [0.4, 0.5) is 0 Å². The van der Waals surface area contributed by atoms with Gasteiger partial charge < -0.3 is 9.84 Å². The summed E-state index contributed by atoms with van der Waals surface area (Å²) in [6.45, 7) is 4.17. The van der Waals surface area contributed by atoms with Crippen LogP contribution in [-0.4, -0.2) is 22.7 Å². The Morgan fingerprint density at radius 1 is 1.25 bits per heavy atom. The molecule has 0 bridgehead atoms. The van der Waals surface area contributed by atoms with Crippen molar-refractivity contribution in [1.29, 1.82) is 0 Å². The topological polar surface area (TPSA) is 59.4 Å². The minimum atomic E-state index is -0.862. The van der Waals surface area contributed by atoms with Crippen LogP contribution < -0.4 is 4.74 Å². The van der Waals surface area contributed by atoms with E-state index < -0.39 is 5.97 Å². The first-order chi connectivity index (χ1) is 9.58. The lowest BCUT2D eigenvalue weighted by Gasteiger charge is -2.13. The second-order valence-electron chi connectivity index (χ2n) is 4.68. The first-order valence-corrected chi connectivity index (χ1v) is 6.44. The quantitative estimate of drug-likeness (QED) is 0.907. The maximum atomic E-state index is 10.6. The van der Waals surface area contributed by atoms with Crippen LogP contribution in [0.2, 0.25) is 0 Å². The van der Waals surface area contributed by atoms with Crippen LogP contribution in [0.5, 0.6) is 5.75 Å². The fourth-order valence-corrected chi connectivity index (χ4v) is 2.00. The van der Waals surface area contributed by atoms with Gasteiger partial charge in [0.2, 0.25) is 0 Å². The number of rotatable bonds is 5. The standard InChI is InChI=1S/C16H17NO3/c1-11-3-4-15(20-8-6-16(18)19)14(9-11)13-5-7-17-10-12(13)2/h3-5,7,9-10H,6,8H2,1-2H3,(H,18,19). The summed E-state index contributed by atoms with van der Waals surface area (Å²) in [5.74, 6) is -0.162. The number of hydrogen-bond donors (Lipinski definition) is 1. The van der Waals surface area contributed by atoms with Gasteiger partial charge in [-0.3, -0.25) is 9.78 Å². The van der Waals surface area contributed by atoms with Crippen molar-refractivity contribution < 1.29 is 14.6 Å². The lowest BCUT2D eigenvalue weighted by Crippen LogP contribution is -2.05. The Hall–Kier alpha value is -2.36. The van der Waals surface area contributed by atoms with Gasteiger partial charge in [0.05, 0.1) is 13.0 Å². The van der Waals surface area contributed by atoms with Crippen LogP contribution in [-0.2, 0) is 4.79 Å². The molecule has 0 radical (unpaired) electrons. The van der Waals surface area contributed by atoms with Gasteiger partial charge in [-0.25, -0.2) is 0 Å². The van der Waals surface area contributed by atoms with Crippen molar-refractivity contribution in [2.24, 2.45) is 0 Å². The third-order valence-electron chi connectivity index (χ3n) is 3.02. The van der Waals surface area contributed by atoms with Gasteiger partial charge in [-0.05, 0) is 43.2 Å². The molecule has 0 spiro atoms. The fraction of sp³-hybridized carbons (Fsp3) is 0.250. The molecule has 1 N–H and O–H groups in total. The monoisotopic (exact) mass is 271 g/mol. The molecule has 1 aromatic heterocycles. The number of hydrogen-bond acceptors (Lipinski definition) is 3. The van der Waals surface area contributed by atoms with Gasteiger partial charge in [0.15, 0.2) is 0 Å². The Morgan fingerprint density at radius 3 is 2.75 bits per heavy atom. The minimum Gasteiger partial charge on any atom is -0.492 e. The summed E-state index contributed by atoms with van der Waals surface area (Å²) in [7, 11) is 0. The van der Waals surface area contributed by atoms with Gasteiger partial charge in [0.25, 0.3) is 0 Å². The number of benzene rings is 1. The highest BCUT2D eigenvalue weighted by Gasteiger charge is 2.10. The molecule has 104 valence electrons. The van der Waals surface area contributed by atoms with Gasteiger partial charge >= 0.3 is 5.97 Å². The van der Waals surface area contributed by atoms with E-state index in [1.54, 1.807) is 12.4 Å². The largest absolute Gasteiger partial charge is 0.492 e. The molecular weight excluding hydrogens is 254 g/mol. The first-order valence-electron chi connectivity index (χ1n) is 6.44. The third-order valence-corrected chi connectivity index (χ3v) is 3.02. The normalized spacial score (nSPS) is 10.3. The van der Waals surface area contributed by atoms with Gasteiger partial charge in [0, 0.05) is 18.0 Å². The molecule has 4 heteroatoms. The smallest absolute Gasteiger partial charge is 0.306 e. The van der Waals surface area contributed by atoms with E-state index in [1.807, 2.05) is 38.1 Å². The molecule has 1 aromatic carbocycles. The van der Waals surface area contributed by atoms with Crippen LogP contribution in [0.3, 0.4) is 0 Å². The highest BCUT2D eigenvalue weighted by molar-refractivity contribution is 5.73. The molecule has 2 aromatic rings. The molecule has 20 heavy (non-hydrogen) atoms. The van der Waals surface area contributed by atoms with Crippen molar-refractivity contribution >= 4 is 5.97 Å². The summed E-state index contributed by atoms with van der Waals surface area (Å²) in [4.78, 5) is 14.7. The molecule has 0 unspecified atom stereocenters. The third kappa shape index (κ3) is 3.35. The maximum Gasteiger partial charge on any atom is 0.306 e. The Bertz CT molecular complexity index is 623. The predicted octanol–water partition coefficient (Wildman–Crippen LogP) is 3.22. The molecule has 0 saturated heterocycles. The molecule has 0 atom stereocenters. The zero-order chi connectivity index (χ0) is 14.5. The predicted molar refractivity (Wildman–Crippen MR) is 76.9 cm³/mol. The van der Waals surface area contributed by atoms with E-state index in [0.717, 1.165) is 22.3 Å². The lowest BCUT2D eigenvalue weighted by atomic mass is 10.00. The van der Waals surface area contributed by atoms with Crippen LogP contribution in [0.15, 0.2) is 36.7 Å². The van der Waals surface area contributed by atoms with Crippen molar-refractivity contribution in [2.45, 2.75) is 20.3 Å². The molecule has 0 fully saturated rings. The van der Waals surface area contributed by atoms with E-state index in [1.165, 1.54) is 0 Å². The lowest BCUT2D eigenvalue weighted by molar-refractivity contribution is -0.137. The number of carboxylic acid groups (broad SMARTS) is 1. The van der Waals surface area contributed by atoms with Crippen molar-refractivity contribution in [3.05, 3.63) is 47.8 Å². The minimum absolute atomic E-state index is 0.0113. The molecule has 2 rings (SSSR count). The van der Waals surface area contributed by atoms with Gasteiger partial charge in [-0.1, -0.05) is 11.6 Å². The van der Waals surface area contributed by atoms with Crippen molar-refractivity contribution in [3.8, 4) is 16.9 Å². The number of ether oxygens (including phenoxy) is 1. The van der Waals surface area contributed by atoms with E-state index in [2.05, 4.69) is 4.98 Å². The van der Waals surface area contributed by atoms with Crippen LogP contribution in [0.1, 0.15) is 17.5 Å². The molecule has 0 aliphatic carbocycles. The zero-order valence-electron chi connectivity index (χ0n) is 11.6. The Balaban J connectivity index is 2.33. The van der Waals surface area contributed by atoms with Crippen molar-refractivity contribution in [2.75, 3.05) is 6.61 Å². The molecule has 0 saturated carbocycles. The maximum absolute atomic E-state index is 10.6. The van der Waals surface area contributed by atoms with E-state index in [9.17, 15) is 4.79 Å². The molecule has 0 aliphatic rings. The molecular formula is C16H17NO3. The summed E-state index contributed by atoms with van der Waals surface area (Å²) >= 11 is 0. The van der Waals surface area contributed by atoms with Crippen molar-refractivity contribution in [3.63, 3.8) is 0 Å². The van der Waals surface area contributed by atoms with Crippen LogP contribution >= 0.6 is 0 Å². The highest BCUT2D eigenvalue weighted by atomic mass is 16.5. The van der Waals surface area contributed by atoms with Crippen molar-refractivity contribution in [1.82, 2.24) is 4.98 Å². The number of aryl methyl sites for hydroxylation is 2. The molecule has 4 nitrogen and oxygen atoms in total. The summed E-state index contributed by atoms with van der Waals surface area (Å²) in [6, 6.07) is 7.81. The van der Waals surface area contributed by atoms with E-state index >= 15 is 0 Å². The van der Waals surface area contributed by atoms with Gasteiger partial charge in [-0.2, -0.15) is 0 Å². The summed E-state index contributed by atoms with van der Waals surface area (Å²) in [6.07, 6.45) is 3.53. The summed E-state index contributed by atoms with van der Waals surface area (Å²) in [5, 5.41) is 8.68. The SMILES string of the molecule is Cc1ccc(OCCC(=O)O)c(-c2ccncc2C)c1. The number of carbonyl (C=O) groups is 1.